The van der Waals surface area contributed by atoms with Crippen molar-refractivity contribution in [2.24, 2.45) is 0 Å². The van der Waals surface area contributed by atoms with E-state index in [1.807, 2.05) is 0 Å². The van der Waals surface area contributed by atoms with E-state index >= 15 is 0 Å². The monoisotopic (exact) mass is 384 g/mol. The van der Waals surface area contributed by atoms with Gasteiger partial charge in [0, 0.05) is 36.3 Å². The zero-order chi connectivity index (χ0) is 17.7. The molecule has 0 spiro atoms. The summed E-state index contributed by atoms with van der Waals surface area (Å²) in [6, 6.07) is 11.8. The molecule has 0 saturated heterocycles. The predicted octanol–water partition coefficient (Wildman–Crippen LogP) is 5.03. The smallest absolute Gasteiger partial charge is 0.226 e. The molecule has 0 aromatic heterocycles. The molecule has 126 valence electrons. The third-order valence-corrected chi connectivity index (χ3v) is 4.24. The molecule has 2 aromatic carbocycles. The Hall–Kier alpha value is -1.75. The molecule has 0 aliphatic heterocycles. The maximum absolute atomic E-state index is 12.1. The Morgan fingerprint density at radius 2 is 1.79 bits per heavy atom. The molecule has 0 fully saturated rings. The fourth-order valence-electron chi connectivity index (χ4n) is 2.12. The van der Waals surface area contributed by atoms with Crippen LogP contribution in [0.1, 0.15) is 13.3 Å². The second-order valence-corrected chi connectivity index (χ2v) is 6.33. The van der Waals surface area contributed by atoms with Gasteiger partial charge in [-0.25, -0.2) is 0 Å². The van der Waals surface area contributed by atoms with Crippen molar-refractivity contribution in [1.82, 2.24) is 0 Å². The number of carbonyl (C=O) groups is 2. The van der Waals surface area contributed by atoms with Gasteiger partial charge in [0.2, 0.25) is 11.8 Å². The SMILES string of the molecule is CC(=O)N(CCC(=O)Nc1cccc(Cl)c1)c1ccc(Cl)c(Cl)c1. The second kappa shape index (κ2) is 8.38. The zero-order valence-electron chi connectivity index (χ0n) is 12.9. The molecule has 7 heteroatoms. The molecule has 4 nitrogen and oxygen atoms in total. The van der Waals surface area contributed by atoms with E-state index in [9.17, 15) is 9.59 Å². The quantitative estimate of drug-likeness (QED) is 0.785. The Kier molecular flexibility index (Phi) is 6.49. The van der Waals surface area contributed by atoms with Crippen molar-refractivity contribution < 1.29 is 9.59 Å². The van der Waals surface area contributed by atoms with Crippen molar-refractivity contribution in [3.8, 4) is 0 Å². The minimum absolute atomic E-state index is 0.131. The Balaban J connectivity index is 2.02. The van der Waals surface area contributed by atoms with Crippen LogP contribution in [0.5, 0.6) is 0 Å². The van der Waals surface area contributed by atoms with Gasteiger partial charge in [0.15, 0.2) is 0 Å². The minimum Gasteiger partial charge on any atom is -0.326 e. The molecule has 0 heterocycles. The number of carbonyl (C=O) groups excluding carboxylic acids is 2. The highest BCUT2D eigenvalue weighted by atomic mass is 35.5. The summed E-state index contributed by atoms with van der Waals surface area (Å²) < 4.78 is 0. The number of hydrogen-bond acceptors (Lipinski definition) is 2. The summed E-state index contributed by atoms with van der Waals surface area (Å²) >= 11 is 17.7. The van der Waals surface area contributed by atoms with Gasteiger partial charge in [0.05, 0.1) is 10.0 Å². The van der Waals surface area contributed by atoms with Gasteiger partial charge in [0.25, 0.3) is 0 Å². The van der Waals surface area contributed by atoms with Crippen molar-refractivity contribution in [2.75, 3.05) is 16.8 Å². The van der Waals surface area contributed by atoms with Gasteiger partial charge >= 0.3 is 0 Å². The lowest BCUT2D eigenvalue weighted by Gasteiger charge is -2.21. The maximum atomic E-state index is 12.1. The van der Waals surface area contributed by atoms with Gasteiger partial charge in [-0.15, -0.1) is 0 Å². The van der Waals surface area contributed by atoms with E-state index in [0.717, 1.165) is 0 Å². The first-order valence-corrected chi connectivity index (χ1v) is 8.29. The van der Waals surface area contributed by atoms with Gasteiger partial charge in [-0.1, -0.05) is 40.9 Å². The van der Waals surface area contributed by atoms with Crippen LogP contribution in [0.4, 0.5) is 11.4 Å². The van der Waals surface area contributed by atoms with Gasteiger partial charge in [0.1, 0.15) is 0 Å². The van der Waals surface area contributed by atoms with E-state index in [-0.39, 0.29) is 24.8 Å². The van der Waals surface area contributed by atoms with E-state index in [2.05, 4.69) is 5.32 Å². The molecule has 0 aliphatic carbocycles. The molecule has 2 aromatic rings. The van der Waals surface area contributed by atoms with Crippen LogP contribution in [0, 0.1) is 0 Å². The average Bonchev–Trinajstić information content (AvgIpc) is 2.50. The normalized spacial score (nSPS) is 10.3. The molecule has 0 atom stereocenters. The Labute approximate surface area is 155 Å². The predicted molar refractivity (Wildman–Crippen MR) is 99.2 cm³/mol. The third kappa shape index (κ3) is 5.13. The number of halogens is 3. The molecule has 0 bridgehead atoms. The molecular weight excluding hydrogens is 371 g/mol. The van der Waals surface area contributed by atoms with Crippen molar-refractivity contribution in [2.45, 2.75) is 13.3 Å². The Morgan fingerprint density at radius 1 is 1.04 bits per heavy atom. The van der Waals surface area contributed by atoms with Crippen LogP contribution in [-0.4, -0.2) is 18.4 Å². The van der Waals surface area contributed by atoms with E-state index in [4.69, 9.17) is 34.8 Å². The summed E-state index contributed by atoms with van der Waals surface area (Å²) in [7, 11) is 0. The number of hydrogen-bond donors (Lipinski definition) is 1. The summed E-state index contributed by atoms with van der Waals surface area (Å²) in [5.74, 6) is -0.410. The van der Waals surface area contributed by atoms with Crippen LogP contribution in [0.3, 0.4) is 0 Å². The average molecular weight is 386 g/mol. The molecule has 1 N–H and O–H groups in total. The zero-order valence-corrected chi connectivity index (χ0v) is 15.1. The van der Waals surface area contributed by atoms with E-state index in [1.54, 1.807) is 42.5 Å². The molecule has 24 heavy (non-hydrogen) atoms. The first-order valence-electron chi connectivity index (χ1n) is 7.15. The molecular formula is C17H15Cl3N2O2. The lowest BCUT2D eigenvalue weighted by molar-refractivity contribution is -0.117. The maximum Gasteiger partial charge on any atom is 0.226 e. The second-order valence-electron chi connectivity index (χ2n) is 5.08. The van der Waals surface area contributed by atoms with Gasteiger partial charge < -0.3 is 10.2 Å². The fraction of sp³-hybridized carbons (Fsp3) is 0.176. The molecule has 2 amide bonds. The van der Waals surface area contributed by atoms with Crippen LogP contribution in [0.15, 0.2) is 42.5 Å². The van der Waals surface area contributed by atoms with E-state index < -0.39 is 0 Å². The summed E-state index contributed by atoms with van der Waals surface area (Å²) in [5, 5.41) is 4.03. The lowest BCUT2D eigenvalue weighted by atomic mass is 10.2. The highest BCUT2D eigenvalue weighted by molar-refractivity contribution is 6.42. The fourth-order valence-corrected chi connectivity index (χ4v) is 2.61. The van der Waals surface area contributed by atoms with E-state index in [1.165, 1.54) is 11.8 Å². The Morgan fingerprint density at radius 3 is 2.42 bits per heavy atom. The molecule has 2 rings (SSSR count). The number of anilines is 2. The van der Waals surface area contributed by atoms with Gasteiger partial charge in [-0.2, -0.15) is 0 Å². The molecule has 0 radical (unpaired) electrons. The van der Waals surface area contributed by atoms with E-state index in [0.29, 0.717) is 26.4 Å². The van der Waals surface area contributed by atoms with Crippen LogP contribution in [-0.2, 0) is 9.59 Å². The number of amides is 2. The van der Waals surface area contributed by atoms with Crippen molar-refractivity contribution in [1.29, 1.82) is 0 Å². The summed E-state index contributed by atoms with van der Waals surface area (Å²) in [6.45, 7) is 1.65. The number of rotatable bonds is 5. The highest BCUT2D eigenvalue weighted by Crippen LogP contribution is 2.27. The standard InChI is InChI=1S/C17H15Cl3N2O2/c1-11(23)22(14-5-6-15(19)16(20)10-14)8-7-17(24)21-13-4-2-3-12(18)9-13/h2-6,9-10H,7-8H2,1H3,(H,21,24). The number of nitrogens with zero attached hydrogens (tertiary/aromatic N) is 1. The Bertz CT molecular complexity index is 765. The third-order valence-electron chi connectivity index (χ3n) is 3.27. The van der Waals surface area contributed by atoms with Gasteiger partial charge in [-0.05, 0) is 36.4 Å². The van der Waals surface area contributed by atoms with Crippen molar-refractivity contribution in [3.63, 3.8) is 0 Å². The number of benzene rings is 2. The first kappa shape index (κ1) is 18.6. The summed E-state index contributed by atoms with van der Waals surface area (Å²) in [5.41, 5.74) is 1.20. The number of nitrogens with one attached hydrogen (secondary N) is 1. The van der Waals surface area contributed by atoms with Crippen LogP contribution >= 0.6 is 34.8 Å². The largest absolute Gasteiger partial charge is 0.326 e. The van der Waals surface area contributed by atoms with Crippen LogP contribution < -0.4 is 10.2 Å². The minimum atomic E-state index is -0.219. The molecule has 0 aliphatic rings. The lowest BCUT2D eigenvalue weighted by Crippen LogP contribution is -2.31. The van der Waals surface area contributed by atoms with Gasteiger partial charge in [-0.3, -0.25) is 9.59 Å². The van der Waals surface area contributed by atoms with Crippen molar-refractivity contribution >= 4 is 58.0 Å². The highest BCUT2D eigenvalue weighted by Gasteiger charge is 2.15. The summed E-state index contributed by atoms with van der Waals surface area (Å²) in [6.07, 6.45) is 0.131. The van der Waals surface area contributed by atoms with Crippen LogP contribution in [0.2, 0.25) is 15.1 Å². The van der Waals surface area contributed by atoms with Crippen LogP contribution in [0.25, 0.3) is 0 Å². The molecule has 0 unspecified atom stereocenters. The first-order chi connectivity index (χ1) is 11.4. The topological polar surface area (TPSA) is 49.4 Å². The molecule has 0 saturated carbocycles. The summed E-state index contributed by atoms with van der Waals surface area (Å²) in [4.78, 5) is 25.4. The van der Waals surface area contributed by atoms with Crippen molar-refractivity contribution in [3.05, 3.63) is 57.5 Å².